The number of nitro benzene ring substituents is 1. The van der Waals surface area contributed by atoms with Crippen LogP contribution in [0.5, 0.6) is 11.5 Å². The van der Waals surface area contributed by atoms with Gasteiger partial charge in [-0.3, -0.25) is 19.8 Å². The van der Waals surface area contributed by atoms with Crippen LogP contribution < -0.4 is 25.0 Å². The zero-order valence-electron chi connectivity index (χ0n) is 17.4. The lowest BCUT2D eigenvalue weighted by Gasteiger charge is -2.16. The van der Waals surface area contributed by atoms with Gasteiger partial charge in [0, 0.05) is 35.9 Å². The molecule has 0 saturated carbocycles. The predicted octanol–water partition coefficient (Wildman–Crippen LogP) is 3.42. The Kier molecular flexibility index (Phi) is 6.36. The molecular weight excluding hydrogens is 450 g/mol. The summed E-state index contributed by atoms with van der Waals surface area (Å²) in [6.45, 7) is 1.12. The first-order valence-corrected chi connectivity index (χ1v) is 10.7. The number of aromatic nitrogens is 1. The standard InChI is InChI=1S/C21H19N5O6S/c1-31-18-8-16(17(26(29)30)9-19(18)32-10-14-11-33-12-23-14)20(27)24-13-3-2-4-15(7-13)25-6-5-22-21(25)28/h2-4,7-9,11-12H,5-6,10H2,1H3,(H,22,28)(H,24,27). The molecule has 0 bridgehead atoms. The molecule has 12 heteroatoms. The summed E-state index contributed by atoms with van der Waals surface area (Å²) in [6.07, 6.45) is 0. The van der Waals surface area contributed by atoms with Crippen LogP contribution in [0.1, 0.15) is 16.1 Å². The molecule has 1 aliphatic rings. The molecule has 0 unspecified atom stereocenters. The maximum atomic E-state index is 12.9. The van der Waals surface area contributed by atoms with Gasteiger partial charge in [-0.2, -0.15) is 0 Å². The van der Waals surface area contributed by atoms with Crippen molar-refractivity contribution < 1.29 is 24.0 Å². The van der Waals surface area contributed by atoms with E-state index in [1.54, 1.807) is 35.2 Å². The molecule has 0 aliphatic carbocycles. The van der Waals surface area contributed by atoms with Crippen molar-refractivity contribution in [3.05, 3.63) is 68.7 Å². The highest BCUT2D eigenvalue weighted by molar-refractivity contribution is 7.07. The Morgan fingerprint density at radius 2 is 2.18 bits per heavy atom. The molecule has 2 aromatic carbocycles. The maximum absolute atomic E-state index is 12.9. The van der Waals surface area contributed by atoms with Gasteiger partial charge < -0.3 is 20.1 Å². The summed E-state index contributed by atoms with van der Waals surface area (Å²) < 4.78 is 10.9. The fourth-order valence-corrected chi connectivity index (χ4v) is 3.83. The molecule has 4 rings (SSSR count). The van der Waals surface area contributed by atoms with Crippen molar-refractivity contribution in [2.24, 2.45) is 0 Å². The second-order valence-electron chi connectivity index (χ2n) is 6.93. The number of carbonyl (C=O) groups excluding carboxylic acids is 2. The van der Waals surface area contributed by atoms with Crippen LogP contribution in [-0.4, -0.2) is 42.0 Å². The van der Waals surface area contributed by atoms with E-state index < -0.39 is 16.5 Å². The molecule has 170 valence electrons. The van der Waals surface area contributed by atoms with Crippen molar-refractivity contribution in [2.45, 2.75) is 6.61 Å². The van der Waals surface area contributed by atoms with Gasteiger partial charge in [0.05, 0.1) is 29.3 Å². The lowest BCUT2D eigenvalue weighted by Crippen LogP contribution is -2.27. The van der Waals surface area contributed by atoms with Crippen molar-refractivity contribution in [2.75, 3.05) is 30.4 Å². The molecule has 2 heterocycles. The molecule has 0 atom stereocenters. The Morgan fingerprint density at radius 3 is 2.85 bits per heavy atom. The topological polar surface area (TPSA) is 136 Å². The van der Waals surface area contributed by atoms with Crippen LogP contribution in [0.15, 0.2) is 47.3 Å². The van der Waals surface area contributed by atoms with Gasteiger partial charge in [0.25, 0.3) is 11.6 Å². The second kappa shape index (κ2) is 9.53. The molecular formula is C21H19N5O6S. The number of methoxy groups -OCH3 is 1. The minimum absolute atomic E-state index is 0.0967. The number of urea groups is 1. The van der Waals surface area contributed by atoms with E-state index in [-0.39, 0.29) is 29.7 Å². The number of ether oxygens (including phenoxy) is 2. The fraction of sp³-hybridized carbons (Fsp3) is 0.190. The minimum atomic E-state index is -0.700. The number of benzene rings is 2. The number of hydrogen-bond acceptors (Lipinski definition) is 8. The third-order valence-electron chi connectivity index (χ3n) is 4.85. The SMILES string of the molecule is COc1cc(C(=O)Nc2cccc(N3CCNC3=O)c2)c([N+](=O)[O-])cc1OCc1cscn1. The van der Waals surface area contributed by atoms with Gasteiger partial charge >= 0.3 is 6.03 Å². The van der Waals surface area contributed by atoms with Gasteiger partial charge in [0.15, 0.2) is 11.5 Å². The number of amides is 3. The summed E-state index contributed by atoms with van der Waals surface area (Å²) in [6, 6.07) is 8.86. The number of carbonyl (C=O) groups is 2. The lowest BCUT2D eigenvalue weighted by atomic mass is 10.1. The van der Waals surface area contributed by atoms with E-state index in [0.29, 0.717) is 30.2 Å². The van der Waals surface area contributed by atoms with Crippen molar-refractivity contribution in [3.8, 4) is 11.5 Å². The molecule has 0 spiro atoms. The maximum Gasteiger partial charge on any atom is 0.321 e. The molecule has 3 amide bonds. The predicted molar refractivity (Wildman–Crippen MR) is 121 cm³/mol. The molecule has 3 aromatic rings. The van der Waals surface area contributed by atoms with Crippen molar-refractivity contribution in [3.63, 3.8) is 0 Å². The Morgan fingerprint density at radius 1 is 1.33 bits per heavy atom. The van der Waals surface area contributed by atoms with E-state index >= 15 is 0 Å². The molecule has 1 saturated heterocycles. The molecule has 1 aromatic heterocycles. The monoisotopic (exact) mass is 469 g/mol. The minimum Gasteiger partial charge on any atom is -0.493 e. The number of nitrogens with one attached hydrogen (secondary N) is 2. The first-order valence-electron chi connectivity index (χ1n) is 9.79. The normalized spacial score (nSPS) is 12.9. The highest BCUT2D eigenvalue weighted by atomic mass is 32.1. The van der Waals surface area contributed by atoms with Gasteiger partial charge in [-0.1, -0.05) is 6.07 Å². The molecule has 1 aliphatic heterocycles. The van der Waals surface area contributed by atoms with Crippen molar-refractivity contribution in [1.29, 1.82) is 0 Å². The lowest BCUT2D eigenvalue weighted by molar-refractivity contribution is -0.385. The van der Waals surface area contributed by atoms with E-state index in [0.717, 1.165) is 6.07 Å². The summed E-state index contributed by atoms with van der Waals surface area (Å²) in [4.78, 5) is 41.5. The molecule has 0 radical (unpaired) electrons. The number of nitrogens with zero attached hydrogens (tertiary/aromatic N) is 3. The van der Waals surface area contributed by atoms with Crippen LogP contribution in [0.4, 0.5) is 21.9 Å². The van der Waals surface area contributed by atoms with Crippen LogP contribution in [-0.2, 0) is 6.61 Å². The number of nitro groups is 1. The Balaban J connectivity index is 1.59. The first kappa shape index (κ1) is 22.0. The summed E-state index contributed by atoms with van der Waals surface area (Å²) in [5.74, 6) is -0.409. The first-order chi connectivity index (χ1) is 16.0. The summed E-state index contributed by atoms with van der Waals surface area (Å²) >= 11 is 1.40. The average Bonchev–Trinajstić information content (AvgIpc) is 3.48. The van der Waals surface area contributed by atoms with Crippen LogP contribution in [0, 0.1) is 10.1 Å². The quantitative estimate of drug-likeness (QED) is 0.381. The van der Waals surface area contributed by atoms with Crippen LogP contribution >= 0.6 is 11.3 Å². The summed E-state index contributed by atoms with van der Waals surface area (Å²) in [5.41, 5.74) is 2.67. The molecule has 1 fully saturated rings. The Labute approximate surface area is 192 Å². The number of anilines is 2. The van der Waals surface area contributed by atoms with E-state index in [1.165, 1.54) is 29.4 Å². The second-order valence-corrected chi connectivity index (χ2v) is 7.65. The smallest absolute Gasteiger partial charge is 0.321 e. The highest BCUT2D eigenvalue weighted by Gasteiger charge is 2.26. The van der Waals surface area contributed by atoms with Crippen molar-refractivity contribution >= 4 is 40.3 Å². The van der Waals surface area contributed by atoms with Gasteiger partial charge in [-0.15, -0.1) is 11.3 Å². The third kappa shape index (κ3) is 4.85. The Hall–Kier alpha value is -4.19. The van der Waals surface area contributed by atoms with Gasteiger partial charge in [0.2, 0.25) is 0 Å². The average molecular weight is 469 g/mol. The third-order valence-corrected chi connectivity index (χ3v) is 5.49. The zero-order chi connectivity index (χ0) is 23.4. The summed E-state index contributed by atoms with van der Waals surface area (Å²) in [5, 5.41) is 18.8. The fourth-order valence-electron chi connectivity index (χ4n) is 3.28. The summed E-state index contributed by atoms with van der Waals surface area (Å²) in [7, 11) is 1.38. The Bertz CT molecular complexity index is 1200. The van der Waals surface area contributed by atoms with Crippen LogP contribution in [0.2, 0.25) is 0 Å². The van der Waals surface area contributed by atoms with Crippen LogP contribution in [0.25, 0.3) is 0 Å². The van der Waals surface area contributed by atoms with Gasteiger partial charge in [0.1, 0.15) is 12.2 Å². The zero-order valence-corrected chi connectivity index (χ0v) is 18.3. The molecule has 11 nitrogen and oxygen atoms in total. The number of hydrogen-bond donors (Lipinski definition) is 2. The van der Waals surface area contributed by atoms with Gasteiger partial charge in [-0.25, -0.2) is 9.78 Å². The van der Waals surface area contributed by atoms with Gasteiger partial charge in [-0.05, 0) is 18.2 Å². The van der Waals surface area contributed by atoms with E-state index in [9.17, 15) is 19.7 Å². The molecule has 2 N–H and O–H groups in total. The largest absolute Gasteiger partial charge is 0.493 e. The van der Waals surface area contributed by atoms with E-state index in [4.69, 9.17) is 9.47 Å². The van der Waals surface area contributed by atoms with Crippen LogP contribution in [0.3, 0.4) is 0 Å². The van der Waals surface area contributed by atoms with E-state index in [2.05, 4.69) is 15.6 Å². The number of rotatable bonds is 8. The van der Waals surface area contributed by atoms with E-state index in [1.807, 2.05) is 0 Å². The highest BCUT2D eigenvalue weighted by Crippen LogP contribution is 2.36. The van der Waals surface area contributed by atoms with Crippen molar-refractivity contribution in [1.82, 2.24) is 10.3 Å². The number of thiazole rings is 1. The molecule has 33 heavy (non-hydrogen) atoms.